The van der Waals surface area contributed by atoms with E-state index in [0.29, 0.717) is 23.3 Å². The number of phenolic OH excluding ortho intramolecular Hbond substituents is 2. The number of imidazole rings is 1. The fourth-order valence-corrected chi connectivity index (χ4v) is 3.21. The summed E-state index contributed by atoms with van der Waals surface area (Å²) in [6, 6.07) is 4.46. The Morgan fingerprint density at radius 1 is 1.19 bits per heavy atom. The van der Waals surface area contributed by atoms with Crippen molar-refractivity contribution in [3.63, 3.8) is 0 Å². The number of fused-ring (bicyclic) bond motifs is 1. The Hall–Kier alpha value is -2.94. The monoisotopic (exact) mass is 373 g/mol. The van der Waals surface area contributed by atoms with Crippen LogP contribution >= 0.6 is 0 Å². The molecular weight excluding hydrogens is 353 g/mol. The summed E-state index contributed by atoms with van der Waals surface area (Å²) in [5, 5.41) is 22.0. The SMILES string of the molecule is Oc1ccc(CNc2nc(F)nc3c2ncn3C2CCCCCO2)cc1O. The van der Waals surface area contributed by atoms with Gasteiger partial charge in [0.15, 0.2) is 28.5 Å². The minimum absolute atomic E-state index is 0.198. The molecule has 8 nitrogen and oxygen atoms in total. The zero-order chi connectivity index (χ0) is 18.8. The molecule has 1 fully saturated rings. The second-order valence-electron chi connectivity index (χ2n) is 6.52. The summed E-state index contributed by atoms with van der Waals surface area (Å²) in [6.07, 6.45) is 4.52. The highest BCUT2D eigenvalue weighted by molar-refractivity contribution is 5.82. The molecule has 1 aromatic carbocycles. The van der Waals surface area contributed by atoms with Crippen LogP contribution in [0.3, 0.4) is 0 Å². The molecule has 4 rings (SSSR count). The fourth-order valence-electron chi connectivity index (χ4n) is 3.21. The van der Waals surface area contributed by atoms with Crippen LogP contribution in [0.2, 0.25) is 0 Å². The second kappa shape index (κ2) is 7.36. The first-order valence-corrected chi connectivity index (χ1v) is 8.88. The molecule has 1 atom stereocenters. The third-order valence-corrected chi connectivity index (χ3v) is 4.61. The molecule has 27 heavy (non-hydrogen) atoms. The average molecular weight is 373 g/mol. The quantitative estimate of drug-likeness (QED) is 0.477. The van der Waals surface area contributed by atoms with Crippen LogP contribution in [0.4, 0.5) is 10.2 Å². The van der Waals surface area contributed by atoms with Gasteiger partial charge in [-0.1, -0.05) is 12.5 Å². The van der Waals surface area contributed by atoms with Gasteiger partial charge in [-0.3, -0.25) is 4.57 Å². The topological polar surface area (TPSA) is 105 Å². The van der Waals surface area contributed by atoms with Crippen molar-refractivity contribution >= 4 is 17.0 Å². The summed E-state index contributed by atoms with van der Waals surface area (Å²) < 4.78 is 21.6. The number of halogens is 1. The van der Waals surface area contributed by atoms with E-state index in [0.717, 1.165) is 25.7 Å². The molecule has 1 saturated heterocycles. The first kappa shape index (κ1) is 17.5. The lowest BCUT2D eigenvalue weighted by Gasteiger charge is -2.17. The van der Waals surface area contributed by atoms with E-state index in [2.05, 4.69) is 20.3 Å². The van der Waals surface area contributed by atoms with Gasteiger partial charge in [-0.2, -0.15) is 14.4 Å². The third kappa shape index (κ3) is 3.63. The minimum Gasteiger partial charge on any atom is -0.504 e. The molecule has 0 bridgehead atoms. The van der Waals surface area contributed by atoms with Gasteiger partial charge in [0.25, 0.3) is 0 Å². The van der Waals surface area contributed by atoms with Crippen molar-refractivity contribution in [1.29, 1.82) is 0 Å². The van der Waals surface area contributed by atoms with Gasteiger partial charge in [0.05, 0.1) is 6.33 Å². The van der Waals surface area contributed by atoms with Gasteiger partial charge in [0, 0.05) is 13.2 Å². The fraction of sp³-hybridized carbons (Fsp3) is 0.389. The largest absolute Gasteiger partial charge is 0.504 e. The Balaban J connectivity index is 1.62. The second-order valence-corrected chi connectivity index (χ2v) is 6.52. The predicted molar refractivity (Wildman–Crippen MR) is 95.8 cm³/mol. The average Bonchev–Trinajstić information content (AvgIpc) is 2.88. The van der Waals surface area contributed by atoms with E-state index < -0.39 is 6.08 Å². The third-order valence-electron chi connectivity index (χ3n) is 4.61. The number of benzene rings is 1. The highest BCUT2D eigenvalue weighted by Gasteiger charge is 2.20. The van der Waals surface area contributed by atoms with E-state index in [9.17, 15) is 14.6 Å². The van der Waals surface area contributed by atoms with Crippen molar-refractivity contribution in [2.24, 2.45) is 0 Å². The van der Waals surface area contributed by atoms with Gasteiger partial charge in [0.2, 0.25) is 0 Å². The van der Waals surface area contributed by atoms with Crippen molar-refractivity contribution in [3.05, 3.63) is 36.2 Å². The Labute approximate surface area is 154 Å². The minimum atomic E-state index is -0.853. The van der Waals surface area contributed by atoms with Gasteiger partial charge in [0.1, 0.15) is 6.23 Å². The van der Waals surface area contributed by atoms with E-state index in [4.69, 9.17) is 4.74 Å². The van der Waals surface area contributed by atoms with E-state index in [1.54, 1.807) is 17.0 Å². The van der Waals surface area contributed by atoms with E-state index in [1.807, 2.05) is 0 Å². The van der Waals surface area contributed by atoms with Gasteiger partial charge in [-0.05, 0) is 37.0 Å². The number of nitrogens with one attached hydrogen (secondary N) is 1. The Bertz CT molecular complexity index is 954. The summed E-state index contributed by atoms with van der Waals surface area (Å²) in [5.41, 5.74) is 1.53. The number of rotatable bonds is 4. The number of anilines is 1. The van der Waals surface area contributed by atoms with Gasteiger partial charge >= 0.3 is 6.08 Å². The van der Waals surface area contributed by atoms with Crippen LogP contribution < -0.4 is 5.32 Å². The maximum absolute atomic E-state index is 14.0. The number of phenols is 2. The normalized spacial score (nSPS) is 17.7. The summed E-state index contributed by atoms with van der Waals surface area (Å²) in [7, 11) is 0. The Morgan fingerprint density at radius 2 is 2.07 bits per heavy atom. The Kier molecular flexibility index (Phi) is 4.76. The molecule has 1 aliphatic rings. The van der Waals surface area contributed by atoms with E-state index >= 15 is 0 Å². The highest BCUT2D eigenvalue weighted by Crippen LogP contribution is 2.28. The summed E-state index contributed by atoms with van der Waals surface area (Å²) in [6.45, 7) is 0.930. The van der Waals surface area contributed by atoms with Crippen LogP contribution in [0, 0.1) is 6.08 Å². The number of hydrogen-bond acceptors (Lipinski definition) is 7. The summed E-state index contributed by atoms with van der Waals surface area (Å²) in [4.78, 5) is 12.1. The maximum Gasteiger partial charge on any atom is 0.312 e. The number of nitrogens with zero attached hydrogens (tertiary/aromatic N) is 4. The van der Waals surface area contributed by atoms with Crippen molar-refractivity contribution in [2.45, 2.75) is 38.5 Å². The number of hydrogen-bond donors (Lipinski definition) is 3. The van der Waals surface area contributed by atoms with Crippen LogP contribution in [0.15, 0.2) is 24.5 Å². The standard InChI is InChI=1S/C18H20FN5O3/c19-18-22-16(20-9-11-5-6-12(25)13(26)8-11)15-17(23-18)24(10-21-15)14-4-2-1-3-7-27-14/h5-6,8,10,14,25-26H,1-4,7,9H2,(H,20,22,23). The smallest absolute Gasteiger partial charge is 0.312 e. The maximum atomic E-state index is 14.0. The first-order valence-electron chi connectivity index (χ1n) is 8.88. The van der Waals surface area contributed by atoms with Crippen molar-refractivity contribution < 1.29 is 19.3 Å². The molecule has 0 radical (unpaired) electrons. The molecule has 0 aliphatic carbocycles. The van der Waals surface area contributed by atoms with Gasteiger partial charge in [-0.25, -0.2) is 4.98 Å². The molecule has 3 aromatic rings. The highest BCUT2D eigenvalue weighted by atomic mass is 19.1. The van der Waals surface area contributed by atoms with Crippen LogP contribution in [0.1, 0.15) is 37.5 Å². The first-order chi connectivity index (χ1) is 13.1. The molecule has 1 unspecified atom stereocenters. The molecule has 0 saturated carbocycles. The van der Waals surface area contributed by atoms with Gasteiger partial charge < -0.3 is 20.3 Å². The van der Waals surface area contributed by atoms with Crippen LogP contribution in [0.25, 0.3) is 11.2 Å². The van der Waals surface area contributed by atoms with Crippen LogP contribution in [-0.2, 0) is 11.3 Å². The van der Waals surface area contributed by atoms with E-state index in [-0.39, 0.29) is 30.1 Å². The van der Waals surface area contributed by atoms with Crippen LogP contribution in [-0.4, -0.2) is 36.3 Å². The van der Waals surface area contributed by atoms with Gasteiger partial charge in [-0.15, -0.1) is 0 Å². The molecule has 142 valence electrons. The zero-order valence-electron chi connectivity index (χ0n) is 14.6. The zero-order valence-corrected chi connectivity index (χ0v) is 14.6. The number of aromatic nitrogens is 4. The molecule has 3 heterocycles. The molecular formula is C18H20FN5O3. The number of ether oxygens (including phenoxy) is 1. The molecule has 1 aliphatic heterocycles. The number of aromatic hydroxyl groups is 2. The lowest BCUT2D eigenvalue weighted by atomic mass is 10.2. The summed E-state index contributed by atoms with van der Waals surface area (Å²) >= 11 is 0. The van der Waals surface area contributed by atoms with Crippen molar-refractivity contribution in [3.8, 4) is 11.5 Å². The Morgan fingerprint density at radius 3 is 2.93 bits per heavy atom. The molecule has 2 aromatic heterocycles. The molecule has 0 amide bonds. The molecule has 9 heteroatoms. The van der Waals surface area contributed by atoms with Crippen molar-refractivity contribution in [1.82, 2.24) is 19.5 Å². The van der Waals surface area contributed by atoms with E-state index in [1.165, 1.54) is 12.1 Å². The predicted octanol–water partition coefficient (Wildman–Crippen LogP) is 3.08. The molecule has 0 spiro atoms. The lowest BCUT2D eigenvalue weighted by Crippen LogP contribution is -2.12. The van der Waals surface area contributed by atoms with Crippen LogP contribution in [0.5, 0.6) is 11.5 Å². The lowest BCUT2D eigenvalue weighted by molar-refractivity contribution is 0.00928. The molecule has 3 N–H and O–H groups in total. The summed E-state index contributed by atoms with van der Waals surface area (Å²) in [5.74, 6) is -0.156. The van der Waals surface area contributed by atoms with Crippen molar-refractivity contribution in [2.75, 3.05) is 11.9 Å².